The van der Waals surface area contributed by atoms with Crippen LogP contribution in [0.5, 0.6) is 0 Å². The van der Waals surface area contributed by atoms with Gasteiger partial charge in [-0.25, -0.2) is 0 Å². The predicted octanol–water partition coefficient (Wildman–Crippen LogP) is 2.66. The summed E-state index contributed by atoms with van der Waals surface area (Å²) in [5, 5.41) is 13.6. The maximum absolute atomic E-state index is 12.1. The van der Waals surface area contributed by atoms with Crippen LogP contribution in [0, 0.1) is 10.1 Å². The first-order valence-electron chi connectivity index (χ1n) is 7.53. The van der Waals surface area contributed by atoms with Gasteiger partial charge in [0.1, 0.15) is 11.1 Å². The Balaban J connectivity index is 1.58. The summed E-state index contributed by atoms with van der Waals surface area (Å²) in [5.41, 5.74) is -0.0970. The highest BCUT2D eigenvalue weighted by molar-refractivity contribution is 6.32. The highest BCUT2D eigenvalue weighted by Crippen LogP contribution is 2.39. The van der Waals surface area contributed by atoms with Crippen molar-refractivity contribution in [1.29, 1.82) is 0 Å². The summed E-state index contributed by atoms with van der Waals surface area (Å²) >= 11 is 5.74. The minimum atomic E-state index is -0.614. The monoisotopic (exact) mass is 340 g/mol. The minimum absolute atomic E-state index is 0.00208. The van der Waals surface area contributed by atoms with Crippen molar-refractivity contribution in [3.8, 4) is 0 Å². The summed E-state index contributed by atoms with van der Waals surface area (Å²) < 4.78 is 11.6. The molecule has 2 fully saturated rings. The van der Waals surface area contributed by atoms with Gasteiger partial charge in [-0.05, 0) is 25.0 Å². The highest BCUT2D eigenvalue weighted by atomic mass is 35.5. The summed E-state index contributed by atoms with van der Waals surface area (Å²) in [7, 11) is 0. The van der Waals surface area contributed by atoms with Crippen LogP contribution in [-0.4, -0.2) is 35.9 Å². The molecular formula is C15H17ClN2O5. The maximum atomic E-state index is 12.1. The molecule has 1 atom stereocenters. The molecule has 0 bridgehead atoms. The number of nitro benzene ring substituents is 1. The molecule has 3 rings (SSSR count). The van der Waals surface area contributed by atoms with Gasteiger partial charge in [0, 0.05) is 31.0 Å². The van der Waals surface area contributed by atoms with Gasteiger partial charge < -0.3 is 14.8 Å². The lowest BCUT2D eigenvalue weighted by Crippen LogP contribution is -2.35. The van der Waals surface area contributed by atoms with Gasteiger partial charge in [0.15, 0.2) is 5.79 Å². The molecule has 1 N–H and O–H groups in total. The fraction of sp³-hybridized carbons (Fsp3) is 0.533. The van der Waals surface area contributed by atoms with E-state index in [1.165, 1.54) is 18.2 Å². The number of carbonyl (C=O) groups excluding carboxylic acids is 1. The van der Waals surface area contributed by atoms with Gasteiger partial charge in [-0.2, -0.15) is 0 Å². The van der Waals surface area contributed by atoms with Crippen LogP contribution in [0.3, 0.4) is 0 Å². The van der Waals surface area contributed by atoms with Crippen molar-refractivity contribution in [3.05, 3.63) is 38.9 Å². The SMILES string of the molecule is O=C(NC[C@@H]1COC2(CCCC2)O1)c1ccc(Cl)c([N+](=O)[O-])c1. The molecule has 1 amide bonds. The lowest BCUT2D eigenvalue weighted by atomic mass is 10.2. The van der Waals surface area contributed by atoms with Gasteiger partial charge in [0.2, 0.25) is 0 Å². The Morgan fingerprint density at radius 2 is 2.17 bits per heavy atom. The molecule has 23 heavy (non-hydrogen) atoms. The zero-order valence-corrected chi connectivity index (χ0v) is 13.2. The third kappa shape index (κ3) is 3.46. The summed E-state index contributed by atoms with van der Waals surface area (Å²) in [4.78, 5) is 22.4. The van der Waals surface area contributed by atoms with Crippen molar-refractivity contribution < 1.29 is 19.2 Å². The van der Waals surface area contributed by atoms with Crippen molar-refractivity contribution >= 4 is 23.2 Å². The zero-order valence-electron chi connectivity index (χ0n) is 12.4. The van der Waals surface area contributed by atoms with Crippen LogP contribution >= 0.6 is 11.6 Å². The molecule has 8 heteroatoms. The molecule has 2 aliphatic rings. The van der Waals surface area contributed by atoms with Crippen LogP contribution in [0.1, 0.15) is 36.0 Å². The number of nitrogens with zero attached hydrogens (tertiary/aromatic N) is 1. The van der Waals surface area contributed by atoms with Crippen molar-refractivity contribution in [1.82, 2.24) is 5.32 Å². The average Bonchev–Trinajstić information content (AvgIpc) is 3.15. The molecule has 1 spiro atoms. The Morgan fingerprint density at radius 1 is 1.43 bits per heavy atom. The van der Waals surface area contributed by atoms with E-state index in [-0.39, 0.29) is 22.4 Å². The number of hydrogen-bond donors (Lipinski definition) is 1. The maximum Gasteiger partial charge on any atom is 0.288 e. The quantitative estimate of drug-likeness (QED) is 0.672. The fourth-order valence-electron chi connectivity index (χ4n) is 3.00. The number of rotatable bonds is 4. The number of benzene rings is 1. The second kappa shape index (κ2) is 6.43. The van der Waals surface area contributed by atoms with Crippen LogP contribution in [0.15, 0.2) is 18.2 Å². The summed E-state index contributed by atoms with van der Waals surface area (Å²) in [6.07, 6.45) is 3.77. The van der Waals surface area contributed by atoms with Crippen LogP contribution in [0.25, 0.3) is 0 Å². The van der Waals surface area contributed by atoms with E-state index in [2.05, 4.69) is 5.32 Å². The van der Waals surface area contributed by atoms with Crippen LogP contribution in [0.2, 0.25) is 5.02 Å². The molecule has 0 aromatic heterocycles. The zero-order chi connectivity index (χ0) is 16.4. The van der Waals surface area contributed by atoms with Crippen molar-refractivity contribution in [2.45, 2.75) is 37.6 Å². The van der Waals surface area contributed by atoms with Crippen LogP contribution in [0.4, 0.5) is 5.69 Å². The molecule has 7 nitrogen and oxygen atoms in total. The Morgan fingerprint density at radius 3 is 2.87 bits per heavy atom. The Bertz CT molecular complexity index is 630. The largest absolute Gasteiger partial charge is 0.349 e. The number of nitrogens with one attached hydrogen (secondary N) is 1. The topological polar surface area (TPSA) is 90.7 Å². The first-order chi connectivity index (χ1) is 11.0. The second-order valence-corrected chi connectivity index (χ2v) is 6.21. The second-order valence-electron chi connectivity index (χ2n) is 5.80. The molecular weight excluding hydrogens is 324 g/mol. The summed E-state index contributed by atoms with van der Waals surface area (Å²) in [5.74, 6) is -0.866. The number of nitro groups is 1. The van der Waals surface area contributed by atoms with E-state index in [1.807, 2.05) is 0 Å². The summed E-state index contributed by atoms with van der Waals surface area (Å²) in [6.45, 7) is 0.748. The van der Waals surface area contributed by atoms with Gasteiger partial charge in [-0.1, -0.05) is 11.6 Å². The first kappa shape index (κ1) is 16.2. The number of halogens is 1. The minimum Gasteiger partial charge on any atom is -0.349 e. The standard InChI is InChI=1S/C15H17ClN2O5/c16-12-4-3-10(7-13(12)18(20)21)14(19)17-8-11-9-22-15(23-11)5-1-2-6-15/h3-4,7,11H,1-2,5-6,8-9H2,(H,17,19)/t11-/m1/s1. The molecule has 1 saturated carbocycles. The number of carbonyl (C=O) groups is 1. The van der Waals surface area contributed by atoms with Crippen LogP contribution in [-0.2, 0) is 9.47 Å². The van der Waals surface area contributed by atoms with E-state index in [0.29, 0.717) is 13.2 Å². The van der Waals surface area contributed by atoms with E-state index in [0.717, 1.165) is 25.7 Å². The normalized spacial score (nSPS) is 22.4. The molecule has 1 aliphatic carbocycles. The average molecular weight is 341 g/mol. The molecule has 1 saturated heterocycles. The number of hydrogen-bond acceptors (Lipinski definition) is 5. The molecule has 0 radical (unpaired) electrons. The fourth-order valence-corrected chi connectivity index (χ4v) is 3.18. The Kier molecular flexibility index (Phi) is 4.52. The first-order valence-corrected chi connectivity index (χ1v) is 7.91. The Labute approximate surface area is 138 Å². The molecule has 0 unspecified atom stereocenters. The van der Waals surface area contributed by atoms with Crippen LogP contribution < -0.4 is 5.32 Å². The van der Waals surface area contributed by atoms with Gasteiger partial charge >= 0.3 is 0 Å². The van der Waals surface area contributed by atoms with Gasteiger partial charge in [-0.3, -0.25) is 14.9 Å². The number of ether oxygens (including phenoxy) is 2. The van der Waals surface area contributed by atoms with E-state index in [9.17, 15) is 14.9 Å². The third-order valence-corrected chi connectivity index (χ3v) is 4.49. The molecule has 124 valence electrons. The number of amides is 1. The van der Waals surface area contributed by atoms with E-state index in [1.54, 1.807) is 0 Å². The molecule has 1 aromatic carbocycles. The Hall–Kier alpha value is -1.70. The van der Waals surface area contributed by atoms with E-state index >= 15 is 0 Å². The van der Waals surface area contributed by atoms with E-state index < -0.39 is 16.6 Å². The van der Waals surface area contributed by atoms with Gasteiger partial charge in [-0.15, -0.1) is 0 Å². The van der Waals surface area contributed by atoms with Crippen molar-refractivity contribution in [2.24, 2.45) is 0 Å². The van der Waals surface area contributed by atoms with E-state index in [4.69, 9.17) is 21.1 Å². The lowest BCUT2D eigenvalue weighted by molar-refractivity contribution is -0.384. The van der Waals surface area contributed by atoms with Crippen molar-refractivity contribution in [3.63, 3.8) is 0 Å². The van der Waals surface area contributed by atoms with Gasteiger partial charge in [0.25, 0.3) is 11.6 Å². The third-order valence-electron chi connectivity index (χ3n) is 4.17. The van der Waals surface area contributed by atoms with Crippen molar-refractivity contribution in [2.75, 3.05) is 13.2 Å². The lowest BCUT2D eigenvalue weighted by Gasteiger charge is -2.21. The molecule has 1 aromatic rings. The predicted molar refractivity (Wildman–Crippen MR) is 82.5 cm³/mol. The molecule has 1 aliphatic heterocycles. The smallest absolute Gasteiger partial charge is 0.288 e. The molecule has 1 heterocycles. The summed E-state index contributed by atoms with van der Waals surface area (Å²) in [6, 6.07) is 3.97. The highest BCUT2D eigenvalue weighted by Gasteiger charge is 2.43. The van der Waals surface area contributed by atoms with Gasteiger partial charge in [0.05, 0.1) is 11.5 Å².